The van der Waals surface area contributed by atoms with Crippen molar-refractivity contribution in [2.24, 2.45) is 0 Å². The highest BCUT2D eigenvalue weighted by Gasteiger charge is 2.15. The number of hydrogen-bond donors (Lipinski definition) is 1. The maximum absolute atomic E-state index is 13.0. The summed E-state index contributed by atoms with van der Waals surface area (Å²) in [4.78, 5) is 10.5. The molecule has 110 valence electrons. The molecule has 4 nitrogen and oxygen atoms in total. The van der Waals surface area contributed by atoms with E-state index < -0.39 is 4.92 Å². The van der Waals surface area contributed by atoms with Gasteiger partial charge in [-0.05, 0) is 36.7 Å². The predicted molar refractivity (Wildman–Crippen MR) is 79.9 cm³/mol. The van der Waals surface area contributed by atoms with E-state index in [1.165, 1.54) is 18.2 Å². The first-order chi connectivity index (χ1) is 10.1. The van der Waals surface area contributed by atoms with Gasteiger partial charge in [-0.3, -0.25) is 10.1 Å². The van der Waals surface area contributed by atoms with Crippen LogP contribution in [-0.4, -0.2) is 11.5 Å². The van der Waals surface area contributed by atoms with E-state index in [2.05, 4.69) is 5.32 Å². The van der Waals surface area contributed by atoms with E-state index in [9.17, 15) is 14.5 Å². The van der Waals surface area contributed by atoms with E-state index in [1.807, 2.05) is 6.07 Å². The van der Waals surface area contributed by atoms with Crippen molar-refractivity contribution in [3.8, 4) is 0 Å². The van der Waals surface area contributed by atoms with E-state index in [0.29, 0.717) is 30.1 Å². The third-order valence-corrected chi connectivity index (χ3v) is 3.43. The summed E-state index contributed by atoms with van der Waals surface area (Å²) in [7, 11) is 0. The third-order valence-electron chi connectivity index (χ3n) is 3.07. The van der Waals surface area contributed by atoms with Gasteiger partial charge in [-0.2, -0.15) is 0 Å². The fourth-order valence-electron chi connectivity index (χ4n) is 2.03. The first kappa shape index (κ1) is 15.4. The lowest BCUT2D eigenvalue weighted by molar-refractivity contribution is -0.385. The highest BCUT2D eigenvalue weighted by atomic mass is 35.5. The van der Waals surface area contributed by atoms with Gasteiger partial charge in [-0.1, -0.05) is 29.8 Å². The molecule has 0 spiro atoms. The summed E-state index contributed by atoms with van der Waals surface area (Å²) in [5, 5.41) is 14.4. The minimum atomic E-state index is -0.449. The summed E-state index contributed by atoms with van der Waals surface area (Å²) >= 11 is 6.00. The Kier molecular flexibility index (Phi) is 5.25. The number of nitrogens with zero attached hydrogens (tertiary/aromatic N) is 1. The second-order valence-corrected chi connectivity index (χ2v) is 4.96. The van der Waals surface area contributed by atoms with Crippen molar-refractivity contribution in [2.75, 3.05) is 6.54 Å². The van der Waals surface area contributed by atoms with Crippen molar-refractivity contribution < 1.29 is 9.31 Å². The largest absolute Gasteiger partial charge is 0.312 e. The van der Waals surface area contributed by atoms with Crippen molar-refractivity contribution in [1.29, 1.82) is 0 Å². The van der Waals surface area contributed by atoms with E-state index in [4.69, 9.17) is 11.6 Å². The minimum absolute atomic E-state index is 0.000700. The van der Waals surface area contributed by atoms with E-state index in [0.717, 1.165) is 5.56 Å². The second kappa shape index (κ2) is 7.15. The minimum Gasteiger partial charge on any atom is -0.312 e. The molecule has 2 rings (SSSR count). The van der Waals surface area contributed by atoms with Gasteiger partial charge in [0.05, 0.1) is 15.5 Å². The summed E-state index contributed by atoms with van der Waals surface area (Å²) in [5.41, 5.74) is 1.33. The number of nitro benzene ring substituents is 1. The van der Waals surface area contributed by atoms with Crippen molar-refractivity contribution in [1.82, 2.24) is 5.32 Å². The van der Waals surface area contributed by atoms with Crippen molar-refractivity contribution in [2.45, 2.75) is 13.0 Å². The van der Waals surface area contributed by atoms with Crippen LogP contribution in [0.25, 0.3) is 0 Å². The molecular formula is C15H14ClFN2O2. The van der Waals surface area contributed by atoms with Crippen LogP contribution in [-0.2, 0) is 13.0 Å². The number of rotatable bonds is 6. The summed E-state index contributed by atoms with van der Waals surface area (Å²) in [5.74, 6) is -0.269. The van der Waals surface area contributed by atoms with Crippen LogP contribution in [0.4, 0.5) is 10.1 Å². The summed E-state index contributed by atoms with van der Waals surface area (Å²) in [6, 6.07) is 11.0. The Morgan fingerprint density at radius 1 is 1.24 bits per heavy atom. The van der Waals surface area contributed by atoms with Crippen molar-refractivity contribution in [3.63, 3.8) is 0 Å². The van der Waals surface area contributed by atoms with Gasteiger partial charge in [0.25, 0.3) is 5.69 Å². The van der Waals surface area contributed by atoms with Crippen LogP contribution in [0.1, 0.15) is 11.1 Å². The van der Waals surface area contributed by atoms with Crippen LogP contribution in [0.15, 0.2) is 42.5 Å². The van der Waals surface area contributed by atoms with Gasteiger partial charge in [0.2, 0.25) is 0 Å². The molecule has 0 aliphatic heterocycles. The van der Waals surface area contributed by atoms with Crippen molar-refractivity contribution in [3.05, 3.63) is 74.5 Å². The highest BCUT2D eigenvalue weighted by Crippen LogP contribution is 2.25. The Labute approximate surface area is 126 Å². The predicted octanol–water partition coefficient (Wildman–Crippen LogP) is 3.72. The lowest BCUT2D eigenvalue weighted by atomic mass is 10.1. The Bertz CT molecular complexity index is 649. The number of nitro groups is 1. The second-order valence-electron chi connectivity index (χ2n) is 4.55. The molecule has 1 N–H and O–H groups in total. The monoisotopic (exact) mass is 308 g/mol. The van der Waals surface area contributed by atoms with Crippen LogP contribution in [0, 0.1) is 15.9 Å². The van der Waals surface area contributed by atoms with E-state index in [-0.39, 0.29) is 11.5 Å². The van der Waals surface area contributed by atoms with Gasteiger partial charge in [0, 0.05) is 12.6 Å². The fourth-order valence-corrected chi connectivity index (χ4v) is 2.27. The zero-order valence-corrected chi connectivity index (χ0v) is 11.9. The van der Waals surface area contributed by atoms with Crippen LogP contribution < -0.4 is 5.32 Å². The SMILES string of the molecule is O=[N+]([O-])c1cccc(Cl)c1CNCCc1cccc(F)c1. The van der Waals surface area contributed by atoms with Gasteiger partial charge in [0.1, 0.15) is 5.82 Å². The normalized spacial score (nSPS) is 10.6. The topological polar surface area (TPSA) is 55.2 Å². The molecule has 0 aliphatic rings. The van der Waals surface area contributed by atoms with Crippen LogP contribution in [0.3, 0.4) is 0 Å². The van der Waals surface area contributed by atoms with E-state index >= 15 is 0 Å². The Morgan fingerprint density at radius 3 is 2.71 bits per heavy atom. The Morgan fingerprint density at radius 2 is 2.00 bits per heavy atom. The molecule has 0 atom stereocenters. The zero-order chi connectivity index (χ0) is 15.2. The van der Waals surface area contributed by atoms with Gasteiger partial charge < -0.3 is 5.32 Å². The van der Waals surface area contributed by atoms with Gasteiger partial charge in [-0.15, -0.1) is 0 Å². The standard InChI is InChI=1S/C15H14ClFN2O2/c16-14-5-2-6-15(19(20)21)13(14)10-18-8-7-11-3-1-4-12(17)9-11/h1-6,9,18H,7-8,10H2. The molecule has 0 saturated heterocycles. The molecule has 2 aromatic carbocycles. The third kappa shape index (κ3) is 4.24. The smallest absolute Gasteiger partial charge is 0.275 e. The molecule has 0 saturated carbocycles. The van der Waals surface area contributed by atoms with Gasteiger partial charge in [0.15, 0.2) is 0 Å². The molecule has 0 bridgehead atoms. The Balaban J connectivity index is 1.93. The fraction of sp³-hybridized carbons (Fsp3) is 0.200. The number of nitrogens with one attached hydrogen (secondary N) is 1. The molecule has 0 aromatic heterocycles. The maximum Gasteiger partial charge on any atom is 0.275 e. The van der Waals surface area contributed by atoms with Crippen molar-refractivity contribution >= 4 is 17.3 Å². The zero-order valence-electron chi connectivity index (χ0n) is 11.2. The van der Waals surface area contributed by atoms with Crippen LogP contribution >= 0.6 is 11.6 Å². The first-order valence-corrected chi connectivity index (χ1v) is 6.82. The first-order valence-electron chi connectivity index (χ1n) is 6.45. The quantitative estimate of drug-likeness (QED) is 0.503. The van der Waals surface area contributed by atoms with Gasteiger partial charge in [-0.25, -0.2) is 4.39 Å². The molecule has 0 radical (unpaired) electrons. The Hall–Kier alpha value is -1.98. The molecular weight excluding hydrogens is 295 g/mol. The van der Waals surface area contributed by atoms with Crippen LogP contribution in [0.2, 0.25) is 5.02 Å². The lowest BCUT2D eigenvalue weighted by Gasteiger charge is -2.07. The van der Waals surface area contributed by atoms with E-state index in [1.54, 1.807) is 18.2 Å². The molecule has 0 amide bonds. The molecule has 21 heavy (non-hydrogen) atoms. The summed E-state index contributed by atoms with van der Waals surface area (Å²) < 4.78 is 13.0. The molecule has 6 heteroatoms. The number of benzene rings is 2. The molecule has 0 unspecified atom stereocenters. The molecule has 2 aromatic rings. The molecule has 0 heterocycles. The van der Waals surface area contributed by atoms with Crippen LogP contribution in [0.5, 0.6) is 0 Å². The maximum atomic E-state index is 13.0. The molecule has 0 aliphatic carbocycles. The average Bonchev–Trinajstić information content (AvgIpc) is 2.44. The summed E-state index contributed by atoms with van der Waals surface area (Å²) in [6.07, 6.45) is 0.635. The summed E-state index contributed by atoms with van der Waals surface area (Å²) in [6.45, 7) is 0.872. The molecule has 0 fully saturated rings. The van der Waals surface area contributed by atoms with Gasteiger partial charge >= 0.3 is 0 Å². The number of halogens is 2. The average molecular weight is 309 g/mol. The highest BCUT2D eigenvalue weighted by molar-refractivity contribution is 6.31. The number of hydrogen-bond acceptors (Lipinski definition) is 3. The lowest BCUT2D eigenvalue weighted by Crippen LogP contribution is -2.17.